The van der Waals surface area contributed by atoms with Crippen molar-refractivity contribution in [2.75, 3.05) is 13.7 Å². The highest BCUT2D eigenvalue weighted by molar-refractivity contribution is 5.87. The van der Waals surface area contributed by atoms with Crippen LogP contribution in [-0.2, 0) is 9.59 Å². The largest absolute Gasteiger partial charge is 0.396 e. The summed E-state index contributed by atoms with van der Waals surface area (Å²) in [4.78, 5) is 22.1. The number of rotatable bonds is 4. The number of carbonyl (C=O) groups excluding carboxylic acids is 2. The zero-order valence-electron chi connectivity index (χ0n) is 8.13. The maximum Gasteiger partial charge on any atom is 0.242 e. The molecule has 5 heteroatoms. The van der Waals surface area contributed by atoms with Gasteiger partial charge in [-0.15, -0.1) is 0 Å². The second-order valence-corrected chi connectivity index (χ2v) is 2.93. The van der Waals surface area contributed by atoms with Crippen LogP contribution in [0, 0.1) is 5.92 Å². The van der Waals surface area contributed by atoms with Gasteiger partial charge in [-0.2, -0.15) is 0 Å². The number of amides is 2. The SMILES string of the molecule is CNC(=O)C(C)NC(=O)C(C)CO. The van der Waals surface area contributed by atoms with Gasteiger partial charge in [0.25, 0.3) is 0 Å². The Labute approximate surface area is 77.5 Å². The molecule has 0 fully saturated rings. The van der Waals surface area contributed by atoms with Gasteiger partial charge in [0.05, 0.1) is 12.5 Å². The van der Waals surface area contributed by atoms with E-state index in [1.54, 1.807) is 13.8 Å². The summed E-state index contributed by atoms with van der Waals surface area (Å²) < 4.78 is 0. The second-order valence-electron chi connectivity index (χ2n) is 2.93. The summed E-state index contributed by atoms with van der Waals surface area (Å²) in [6.07, 6.45) is 0. The third-order valence-corrected chi connectivity index (χ3v) is 1.72. The van der Waals surface area contributed by atoms with Crippen molar-refractivity contribution in [3.8, 4) is 0 Å². The maximum atomic E-state index is 11.2. The van der Waals surface area contributed by atoms with Crippen molar-refractivity contribution in [1.29, 1.82) is 0 Å². The zero-order valence-corrected chi connectivity index (χ0v) is 8.13. The molecule has 0 bridgehead atoms. The number of hydrogen-bond donors (Lipinski definition) is 3. The minimum Gasteiger partial charge on any atom is -0.396 e. The Balaban J connectivity index is 3.98. The summed E-state index contributed by atoms with van der Waals surface area (Å²) in [7, 11) is 1.50. The lowest BCUT2D eigenvalue weighted by atomic mass is 10.1. The summed E-state index contributed by atoms with van der Waals surface area (Å²) in [5, 5.41) is 13.5. The van der Waals surface area contributed by atoms with E-state index in [-0.39, 0.29) is 18.4 Å². The van der Waals surface area contributed by atoms with Crippen molar-refractivity contribution in [2.24, 2.45) is 5.92 Å². The van der Waals surface area contributed by atoms with E-state index >= 15 is 0 Å². The van der Waals surface area contributed by atoms with Crippen molar-refractivity contribution in [3.63, 3.8) is 0 Å². The topological polar surface area (TPSA) is 78.4 Å². The van der Waals surface area contributed by atoms with E-state index in [0.29, 0.717) is 0 Å². The molecule has 0 saturated carbocycles. The molecule has 0 aliphatic heterocycles. The molecule has 0 heterocycles. The van der Waals surface area contributed by atoms with Crippen LogP contribution in [0.1, 0.15) is 13.8 Å². The molecular formula is C8H16N2O3. The van der Waals surface area contributed by atoms with Crippen LogP contribution in [0.4, 0.5) is 0 Å². The first kappa shape index (κ1) is 11.9. The van der Waals surface area contributed by atoms with Gasteiger partial charge in [0, 0.05) is 7.05 Å². The van der Waals surface area contributed by atoms with E-state index in [1.165, 1.54) is 7.05 Å². The molecule has 3 N–H and O–H groups in total. The number of carbonyl (C=O) groups is 2. The van der Waals surface area contributed by atoms with Crippen LogP contribution < -0.4 is 10.6 Å². The lowest BCUT2D eigenvalue weighted by Crippen LogP contribution is -2.45. The number of aliphatic hydroxyl groups is 1. The molecule has 0 aliphatic carbocycles. The van der Waals surface area contributed by atoms with E-state index < -0.39 is 12.0 Å². The molecule has 0 saturated heterocycles. The molecule has 0 aromatic carbocycles. The molecule has 13 heavy (non-hydrogen) atoms. The number of aliphatic hydroxyl groups excluding tert-OH is 1. The Bertz CT molecular complexity index is 194. The summed E-state index contributed by atoms with van der Waals surface area (Å²) in [5.41, 5.74) is 0. The Hall–Kier alpha value is -1.10. The first-order valence-corrected chi connectivity index (χ1v) is 4.15. The monoisotopic (exact) mass is 188 g/mol. The van der Waals surface area contributed by atoms with Crippen LogP contribution in [-0.4, -0.2) is 36.6 Å². The maximum absolute atomic E-state index is 11.2. The number of nitrogens with one attached hydrogen (secondary N) is 2. The van der Waals surface area contributed by atoms with Crippen molar-refractivity contribution < 1.29 is 14.7 Å². The fourth-order valence-electron chi connectivity index (χ4n) is 0.721. The van der Waals surface area contributed by atoms with Gasteiger partial charge in [0.15, 0.2) is 0 Å². The van der Waals surface area contributed by atoms with E-state index in [1.807, 2.05) is 0 Å². The highest BCUT2D eigenvalue weighted by Gasteiger charge is 2.17. The molecule has 0 spiro atoms. The third kappa shape index (κ3) is 3.89. The standard InChI is InChI=1S/C8H16N2O3/c1-5(4-11)7(12)10-6(2)8(13)9-3/h5-6,11H,4H2,1-3H3,(H,9,13)(H,10,12). The van der Waals surface area contributed by atoms with Gasteiger partial charge in [0.2, 0.25) is 11.8 Å². The van der Waals surface area contributed by atoms with Gasteiger partial charge in [0.1, 0.15) is 6.04 Å². The smallest absolute Gasteiger partial charge is 0.242 e. The summed E-state index contributed by atoms with van der Waals surface area (Å²) in [6.45, 7) is 2.96. The molecule has 0 rings (SSSR count). The lowest BCUT2D eigenvalue weighted by Gasteiger charge is -2.14. The molecule has 5 nitrogen and oxygen atoms in total. The summed E-state index contributed by atoms with van der Waals surface area (Å²) in [5.74, 6) is -1.05. The Morgan fingerprint density at radius 1 is 1.31 bits per heavy atom. The Kier molecular flexibility index (Phi) is 5.06. The molecule has 76 valence electrons. The van der Waals surface area contributed by atoms with E-state index in [2.05, 4.69) is 10.6 Å². The first-order valence-electron chi connectivity index (χ1n) is 4.15. The quantitative estimate of drug-likeness (QED) is 0.522. The molecule has 0 aromatic rings. The van der Waals surface area contributed by atoms with Gasteiger partial charge in [-0.3, -0.25) is 9.59 Å². The molecule has 2 atom stereocenters. The predicted octanol–water partition coefficient (Wildman–Crippen LogP) is -1.13. The van der Waals surface area contributed by atoms with E-state index in [4.69, 9.17) is 5.11 Å². The van der Waals surface area contributed by atoms with Gasteiger partial charge in [-0.25, -0.2) is 0 Å². The second kappa shape index (κ2) is 5.53. The number of likely N-dealkylation sites (N-methyl/N-ethyl adjacent to an activating group) is 1. The van der Waals surface area contributed by atoms with Crippen LogP contribution in [0.5, 0.6) is 0 Å². The van der Waals surface area contributed by atoms with Gasteiger partial charge in [-0.1, -0.05) is 6.92 Å². The minimum atomic E-state index is -0.563. The van der Waals surface area contributed by atoms with Gasteiger partial charge < -0.3 is 15.7 Å². The van der Waals surface area contributed by atoms with Crippen LogP contribution in [0.3, 0.4) is 0 Å². The fourth-order valence-corrected chi connectivity index (χ4v) is 0.721. The minimum absolute atomic E-state index is 0.216. The molecule has 0 aromatic heterocycles. The summed E-state index contributed by atoms with van der Waals surface area (Å²) in [6, 6.07) is -0.563. The van der Waals surface area contributed by atoms with E-state index in [0.717, 1.165) is 0 Å². The lowest BCUT2D eigenvalue weighted by molar-refractivity contribution is -0.130. The van der Waals surface area contributed by atoms with Crippen LogP contribution >= 0.6 is 0 Å². The van der Waals surface area contributed by atoms with Gasteiger partial charge >= 0.3 is 0 Å². The molecule has 0 radical (unpaired) electrons. The fraction of sp³-hybridized carbons (Fsp3) is 0.750. The normalized spacial score (nSPS) is 14.5. The Morgan fingerprint density at radius 3 is 2.23 bits per heavy atom. The average Bonchev–Trinajstić information content (AvgIpc) is 2.14. The summed E-state index contributed by atoms with van der Waals surface area (Å²) >= 11 is 0. The highest BCUT2D eigenvalue weighted by atomic mass is 16.3. The van der Waals surface area contributed by atoms with Gasteiger partial charge in [-0.05, 0) is 6.92 Å². The molecule has 0 aliphatic rings. The van der Waals surface area contributed by atoms with E-state index in [9.17, 15) is 9.59 Å². The average molecular weight is 188 g/mol. The van der Waals surface area contributed by atoms with Crippen molar-refractivity contribution in [1.82, 2.24) is 10.6 Å². The molecule has 2 amide bonds. The van der Waals surface area contributed by atoms with Crippen molar-refractivity contribution in [3.05, 3.63) is 0 Å². The third-order valence-electron chi connectivity index (χ3n) is 1.72. The van der Waals surface area contributed by atoms with Crippen LogP contribution in [0.2, 0.25) is 0 Å². The predicted molar refractivity (Wildman–Crippen MR) is 47.9 cm³/mol. The van der Waals surface area contributed by atoms with Crippen molar-refractivity contribution >= 4 is 11.8 Å². The van der Waals surface area contributed by atoms with Crippen LogP contribution in [0.15, 0.2) is 0 Å². The molecular weight excluding hydrogens is 172 g/mol. The van der Waals surface area contributed by atoms with Crippen LogP contribution in [0.25, 0.3) is 0 Å². The highest BCUT2D eigenvalue weighted by Crippen LogP contribution is 1.93. The first-order chi connectivity index (χ1) is 6.02. The zero-order chi connectivity index (χ0) is 10.4. The number of hydrogen-bond acceptors (Lipinski definition) is 3. The Morgan fingerprint density at radius 2 is 1.85 bits per heavy atom. The molecule has 2 unspecified atom stereocenters. The van der Waals surface area contributed by atoms with Crippen molar-refractivity contribution in [2.45, 2.75) is 19.9 Å².